The maximum absolute atomic E-state index is 12.8. The number of sulfonamides is 1. The van der Waals surface area contributed by atoms with Gasteiger partial charge in [0.15, 0.2) is 0 Å². The van der Waals surface area contributed by atoms with Gasteiger partial charge in [0.25, 0.3) is 0 Å². The molecular weight excluding hydrogens is 316 g/mol. The lowest BCUT2D eigenvalue weighted by atomic mass is 10.2. The van der Waals surface area contributed by atoms with Gasteiger partial charge >= 0.3 is 0 Å². The molecule has 1 heterocycles. The number of benzene rings is 1. The fraction of sp³-hybridized carbons (Fsp3) is 0.538. The highest BCUT2D eigenvalue weighted by Gasteiger charge is 2.35. The van der Waals surface area contributed by atoms with Crippen LogP contribution in [-0.4, -0.2) is 36.3 Å². The van der Waals surface area contributed by atoms with Crippen LogP contribution in [0.25, 0.3) is 0 Å². The van der Waals surface area contributed by atoms with Gasteiger partial charge in [-0.05, 0) is 31.5 Å². The summed E-state index contributed by atoms with van der Waals surface area (Å²) in [6, 6.07) is 4.92. The van der Waals surface area contributed by atoms with Gasteiger partial charge in [-0.3, -0.25) is 0 Å². The number of nitrogens with zero attached hydrogens (tertiary/aromatic N) is 1. The van der Waals surface area contributed by atoms with Crippen molar-refractivity contribution in [2.75, 3.05) is 18.8 Å². The highest BCUT2D eigenvalue weighted by molar-refractivity contribution is 8.00. The zero-order valence-corrected chi connectivity index (χ0v) is 14.0. The van der Waals surface area contributed by atoms with Crippen LogP contribution >= 0.6 is 23.4 Å². The molecule has 0 unspecified atom stereocenters. The quantitative estimate of drug-likeness (QED) is 0.921. The van der Waals surface area contributed by atoms with Crippen molar-refractivity contribution in [1.82, 2.24) is 4.31 Å². The number of hydrogen-bond donors (Lipinski definition) is 1. The first kappa shape index (κ1) is 16.1. The zero-order valence-electron chi connectivity index (χ0n) is 11.6. The van der Waals surface area contributed by atoms with Crippen molar-refractivity contribution in [2.24, 2.45) is 5.73 Å². The van der Waals surface area contributed by atoms with E-state index in [-0.39, 0.29) is 14.7 Å². The Morgan fingerprint density at radius 3 is 2.75 bits per heavy atom. The SMILES string of the molecule is CC1(C)CN(S(=O)(=O)c2cc(CN)ccc2Cl)CCS1. The van der Waals surface area contributed by atoms with E-state index in [4.69, 9.17) is 17.3 Å². The van der Waals surface area contributed by atoms with Crippen molar-refractivity contribution in [2.45, 2.75) is 30.0 Å². The summed E-state index contributed by atoms with van der Waals surface area (Å²) in [7, 11) is -3.56. The number of hydrogen-bond acceptors (Lipinski definition) is 4. The maximum atomic E-state index is 12.8. The normalized spacial score (nSPS) is 20.0. The molecule has 0 aromatic heterocycles. The molecule has 1 saturated heterocycles. The molecule has 1 aromatic rings. The van der Waals surface area contributed by atoms with Gasteiger partial charge in [0.1, 0.15) is 4.90 Å². The molecule has 2 rings (SSSR count). The molecule has 0 saturated carbocycles. The second-order valence-corrected chi connectivity index (χ2v) is 9.53. The standard InChI is InChI=1S/C13H19ClN2O2S2/c1-13(2)9-16(5-6-19-13)20(17,18)12-7-10(8-15)3-4-11(12)14/h3-4,7H,5-6,8-9,15H2,1-2H3. The second kappa shape index (κ2) is 5.85. The monoisotopic (exact) mass is 334 g/mol. The van der Waals surface area contributed by atoms with Crippen molar-refractivity contribution in [3.8, 4) is 0 Å². The summed E-state index contributed by atoms with van der Waals surface area (Å²) in [5.74, 6) is 0.792. The van der Waals surface area contributed by atoms with Crippen LogP contribution in [0.1, 0.15) is 19.4 Å². The Balaban J connectivity index is 2.40. The summed E-state index contributed by atoms with van der Waals surface area (Å²) in [5, 5.41) is 0.248. The van der Waals surface area contributed by atoms with Crippen LogP contribution in [0.4, 0.5) is 0 Å². The van der Waals surface area contributed by atoms with Crippen molar-refractivity contribution in [3.63, 3.8) is 0 Å². The minimum atomic E-state index is -3.56. The van der Waals surface area contributed by atoms with Crippen molar-refractivity contribution in [1.29, 1.82) is 0 Å². The molecule has 0 spiro atoms. The van der Waals surface area contributed by atoms with Crippen molar-refractivity contribution >= 4 is 33.4 Å². The van der Waals surface area contributed by atoms with Crippen LogP contribution < -0.4 is 5.73 Å². The third-order valence-electron chi connectivity index (χ3n) is 3.24. The molecule has 4 nitrogen and oxygen atoms in total. The molecule has 112 valence electrons. The van der Waals surface area contributed by atoms with E-state index >= 15 is 0 Å². The third-order valence-corrected chi connectivity index (χ3v) is 6.86. The molecular formula is C13H19ClN2O2S2. The lowest BCUT2D eigenvalue weighted by molar-refractivity contribution is 0.387. The van der Waals surface area contributed by atoms with Crippen LogP contribution in [-0.2, 0) is 16.6 Å². The molecule has 2 N–H and O–H groups in total. The summed E-state index contributed by atoms with van der Waals surface area (Å²) in [5.41, 5.74) is 6.34. The highest BCUT2D eigenvalue weighted by Crippen LogP contribution is 2.34. The summed E-state index contributed by atoms with van der Waals surface area (Å²) in [4.78, 5) is 0.157. The number of nitrogens with two attached hydrogens (primary N) is 1. The van der Waals surface area contributed by atoms with E-state index in [1.807, 2.05) is 0 Å². The number of thioether (sulfide) groups is 1. The summed E-state index contributed by atoms with van der Waals surface area (Å²) in [6.07, 6.45) is 0. The summed E-state index contributed by atoms with van der Waals surface area (Å²) >= 11 is 7.86. The molecule has 0 aliphatic carbocycles. The fourth-order valence-corrected chi connectivity index (χ4v) is 5.63. The fourth-order valence-electron chi connectivity index (χ4n) is 2.19. The maximum Gasteiger partial charge on any atom is 0.244 e. The van der Waals surface area contributed by atoms with Crippen LogP contribution in [0.2, 0.25) is 5.02 Å². The van der Waals surface area contributed by atoms with Gasteiger partial charge in [0.05, 0.1) is 5.02 Å². The Morgan fingerprint density at radius 1 is 1.45 bits per heavy atom. The predicted octanol–water partition coefficient (Wildman–Crippen LogP) is 2.31. The van der Waals surface area contributed by atoms with E-state index in [9.17, 15) is 8.42 Å². The Hall–Kier alpha value is -0.270. The molecule has 0 amide bonds. The molecule has 1 fully saturated rings. The van der Waals surface area contributed by atoms with Gasteiger partial charge in [-0.2, -0.15) is 16.1 Å². The lowest BCUT2D eigenvalue weighted by Gasteiger charge is -2.36. The van der Waals surface area contributed by atoms with E-state index in [2.05, 4.69) is 13.8 Å². The van der Waals surface area contributed by atoms with Gasteiger partial charge in [-0.25, -0.2) is 8.42 Å². The molecule has 0 atom stereocenters. The number of rotatable bonds is 3. The molecule has 0 radical (unpaired) electrons. The molecule has 1 aromatic carbocycles. The van der Waals surface area contributed by atoms with E-state index in [1.165, 1.54) is 4.31 Å². The molecule has 1 aliphatic heterocycles. The highest BCUT2D eigenvalue weighted by atomic mass is 35.5. The smallest absolute Gasteiger partial charge is 0.244 e. The first-order valence-electron chi connectivity index (χ1n) is 6.39. The molecule has 7 heteroatoms. The van der Waals surface area contributed by atoms with Crippen LogP contribution in [0.3, 0.4) is 0 Å². The molecule has 20 heavy (non-hydrogen) atoms. The summed E-state index contributed by atoms with van der Waals surface area (Å²) < 4.78 is 26.9. The first-order chi connectivity index (χ1) is 9.26. The Kier molecular flexibility index (Phi) is 4.71. The topological polar surface area (TPSA) is 63.4 Å². The second-order valence-electron chi connectivity index (χ2n) is 5.42. The minimum absolute atomic E-state index is 0.0801. The third kappa shape index (κ3) is 3.31. The van der Waals surface area contributed by atoms with E-state index in [0.717, 1.165) is 11.3 Å². The lowest BCUT2D eigenvalue weighted by Crippen LogP contribution is -2.46. The Morgan fingerprint density at radius 2 is 2.15 bits per heavy atom. The summed E-state index contributed by atoms with van der Waals surface area (Å²) in [6.45, 7) is 5.40. The van der Waals surface area contributed by atoms with Crippen LogP contribution in [0.15, 0.2) is 23.1 Å². The van der Waals surface area contributed by atoms with E-state index < -0.39 is 10.0 Å². The van der Waals surface area contributed by atoms with E-state index in [1.54, 1.807) is 30.0 Å². The molecule has 1 aliphatic rings. The van der Waals surface area contributed by atoms with E-state index in [0.29, 0.717) is 19.6 Å². The first-order valence-corrected chi connectivity index (χ1v) is 9.19. The predicted molar refractivity (Wildman–Crippen MR) is 84.6 cm³/mol. The van der Waals surface area contributed by atoms with Crippen molar-refractivity contribution < 1.29 is 8.42 Å². The zero-order chi connectivity index (χ0) is 15.0. The van der Waals surface area contributed by atoms with Gasteiger partial charge in [-0.1, -0.05) is 17.7 Å². The van der Waals surface area contributed by atoms with Gasteiger partial charge in [-0.15, -0.1) is 0 Å². The van der Waals surface area contributed by atoms with Crippen LogP contribution in [0.5, 0.6) is 0 Å². The Labute approximate surface area is 129 Å². The van der Waals surface area contributed by atoms with Crippen molar-refractivity contribution in [3.05, 3.63) is 28.8 Å². The van der Waals surface area contributed by atoms with Gasteiger partial charge in [0.2, 0.25) is 10.0 Å². The van der Waals surface area contributed by atoms with Gasteiger partial charge < -0.3 is 5.73 Å². The van der Waals surface area contributed by atoms with Crippen LogP contribution in [0, 0.1) is 0 Å². The average molecular weight is 335 g/mol. The largest absolute Gasteiger partial charge is 0.326 e. The average Bonchev–Trinajstić information content (AvgIpc) is 2.38. The Bertz CT molecular complexity index is 602. The number of halogens is 1. The van der Waals surface area contributed by atoms with Gasteiger partial charge in [0, 0.05) is 30.1 Å². The minimum Gasteiger partial charge on any atom is -0.326 e. The molecule has 0 bridgehead atoms.